The van der Waals surface area contributed by atoms with Crippen molar-refractivity contribution in [1.29, 1.82) is 0 Å². The Morgan fingerprint density at radius 1 is 1.32 bits per heavy atom. The van der Waals surface area contributed by atoms with Crippen LogP contribution in [0, 0.1) is 6.92 Å². The first-order chi connectivity index (χ1) is 15.0. The number of benzene rings is 1. The lowest BCUT2D eigenvalue weighted by Crippen LogP contribution is -2.51. The molecule has 0 bridgehead atoms. The second kappa shape index (κ2) is 9.99. The number of fused-ring (bicyclic) bond motifs is 1. The van der Waals surface area contributed by atoms with Crippen LogP contribution in [-0.4, -0.2) is 76.3 Å². The molecule has 8 heteroatoms. The minimum Gasteiger partial charge on any atom is -0.390 e. The molecule has 0 spiro atoms. The van der Waals surface area contributed by atoms with Crippen molar-refractivity contribution < 1.29 is 9.90 Å². The molecule has 2 aliphatic rings. The third kappa shape index (κ3) is 5.57. The average Bonchev–Trinajstić information content (AvgIpc) is 2.75. The van der Waals surface area contributed by atoms with Crippen LogP contribution in [0.2, 0.25) is 0 Å². The third-order valence-electron chi connectivity index (χ3n) is 5.98. The average molecular weight is 442 g/mol. The van der Waals surface area contributed by atoms with Crippen LogP contribution in [0.3, 0.4) is 0 Å². The number of pyridine rings is 1. The molecule has 1 unspecified atom stereocenters. The molecular formula is C23H31N5O2S. The van der Waals surface area contributed by atoms with E-state index in [0.29, 0.717) is 24.0 Å². The lowest BCUT2D eigenvalue weighted by molar-refractivity contribution is 0.0841. The van der Waals surface area contributed by atoms with Crippen LogP contribution in [0.1, 0.15) is 27.0 Å². The Balaban J connectivity index is 1.27. The number of aromatic nitrogens is 1. The number of aliphatic hydroxyl groups excluding tert-OH is 1. The highest BCUT2D eigenvalue weighted by Gasteiger charge is 2.26. The predicted molar refractivity (Wildman–Crippen MR) is 125 cm³/mol. The highest BCUT2D eigenvalue weighted by atomic mass is 32.2. The van der Waals surface area contributed by atoms with E-state index in [1.807, 2.05) is 6.92 Å². The van der Waals surface area contributed by atoms with E-state index < -0.39 is 6.10 Å². The molecule has 2 aromatic rings. The van der Waals surface area contributed by atoms with Gasteiger partial charge in [0.2, 0.25) is 0 Å². The number of β-amino-alcohol motifs (C(OH)–C–C–N with tert-alkyl or cyclic N) is 1. The molecule has 1 saturated heterocycles. The Kier molecular flexibility index (Phi) is 7.12. The lowest BCUT2D eigenvalue weighted by atomic mass is 10.00. The van der Waals surface area contributed by atoms with Gasteiger partial charge in [0.25, 0.3) is 5.91 Å². The topological polar surface area (TPSA) is 80.7 Å². The number of amides is 1. The van der Waals surface area contributed by atoms with Crippen molar-refractivity contribution >= 4 is 23.7 Å². The summed E-state index contributed by atoms with van der Waals surface area (Å²) in [6, 6.07) is 10.6. The normalized spacial score (nSPS) is 18.2. The van der Waals surface area contributed by atoms with Gasteiger partial charge in [-0.1, -0.05) is 36.2 Å². The zero-order chi connectivity index (χ0) is 21.8. The Bertz CT molecular complexity index is 919. The number of carbonyl (C=O) groups excluding carboxylic acids is 1. The van der Waals surface area contributed by atoms with Crippen LogP contribution >= 0.6 is 11.9 Å². The van der Waals surface area contributed by atoms with Gasteiger partial charge >= 0.3 is 0 Å². The first-order valence-electron chi connectivity index (χ1n) is 10.8. The highest BCUT2D eigenvalue weighted by Crippen LogP contribution is 2.21. The maximum absolute atomic E-state index is 12.7. The van der Waals surface area contributed by atoms with Gasteiger partial charge in [-0.05, 0) is 42.4 Å². The first-order valence-corrected chi connectivity index (χ1v) is 12.0. The van der Waals surface area contributed by atoms with E-state index >= 15 is 0 Å². The van der Waals surface area contributed by atoms with Gasteiger partial charge in [-0.3, -0.25) is 9.69 Å². The molecule has 3 heterocycles. The molecule has 4 rings (SSSR count). The highest BCUT2D eigenvalue weighted by molar-refractivity contribution is 7.96. The Labute approximate surface area is 188 Å². The molecule has 7 nitrogen and oxygen atoms in total. The number of aliphatic hydroxyl groups is 1. The molecule has 1 amide bonds. The van der Waals surface area contributed by atoms with Gasteiger partial charge in [0.1, 0.15) is 5.82 Å². The van der Waals surface area contributed by atoms with Crippen molar-refractivity contribution in [3.63, 3.8) is 0 Å². The molecule has 31 heavy (non-hydrogen) atoms. The summed E-state index contributed by atoms with van der Waals surface area (Å²) in [4.78, 5) is 19.4. The number of aryl methyl sites for hydroxylation is 1. The Morgan fingerprint density at radius 2 is 2.10 bits per heavy atom. The van der Waals surface area contributed by atoms with E-state index in [0.717, 1.165) is 38.2 Å². The summed E-state index contributed by atoms with van der Waals surface area (Å²) >= 11 is 1.74. The quantitative estimate of drug-likeness (QED) is 0.540. The second-order valence-electron chi connectivity index (χ2n) is 8.37. The van der Waals surface area contributed by atoms with Crippen molar-refractivity contribution in [2.75, 3.05) is 44.3 Å². The van der Waals surface area contributed by atoms with E-state index in [2.05, 4.69) is 55.3 Å². The van der Waals surface area contributed by atoms with Crippen LogP contribution in [0.25, 0.3) is 0 Å². The molecule has 0 radical (unpaired) electrons. The molecule has 2 aliphatic heterocycles. The molecule has 1 aromatic carbocycles. The van der Waals surface area contributed by atoms with Crippen molar-refractivity contribution in [3.8, 4) is 0 Å². The van der Waals surface area contributed by atoms with Crippen LogP contribution in [0.15, 0.2) is 36.5 Å². The first kappa shape index (κ1) is 22.1. The summed E-state index contributed by atoms with van der Waals surface area (Å²) in [7, 11) is 0. The van der Waals surface area contributed by atoms with Gasteiger partial charge in [-0.15, -0.1) is 0 Å². The van der Waals surface area contributed by atoms with Gasteiger partial charge in [0.05, 0.1) is 12.1 Å². The third-order valence-corrected chi connectivity index (χ3v) is 6.80. The summed E-state index contributed by atoms with van der Waals surface area (Å²) in [6.07, 6.45) is 4.18. The Morgan fingerprint density at radius 3 is 2.87 bits per heavy atom. The van der Waals surface area contributed by atoms with E-state index in [1.54, 1.807) is 24.2 Å². The predicted octanol–water partition coefficient (Wildman–Crippen LogP) is 1.91. The summed E-state index contributed by atoms with van der Waals surface area (Å²) in [5.74, 6) is 0.541. The maximum Gasteiger partial charge on any atom is 0.251 e. The second-order valence-corrected chi connectivity index (χ2v) is 9.25. The molecule has 1 aromatic heterocycles. The maximum atomic E-state index is 12.7. The molecule has 1 fully saturated rings. The van der Waals surface area contributed by atoms with Crippen LogP contribution < -0.4 is 10.6 Å². The van der Waals surface area contributed by atoms with E-state index in [1.165, 1.54) is 11.1 Å². The number of carbonyl (C=O) groups is 1. The summed E-state index contributed by atoms with van der Waals surface area (Å²) < 4.78 is 2.27. The number of nitrogens with one attached hydrogen (secondary N) is 2. The number of hydrogen-bond donors (Lipinski definition) is 3. The van der Waals surface area contributed by atoms with Crippen molar-refractivity contribution in [2.45, 2.75) is 32.0 Å². The number of anilines is 1. The molecule has 0 aliphatic carbocycles. The molecule has 1 atom stereocenters. The minimum atomic E-state index is -0.610. The van der Waals surface area contributed by atoms with Crippen molar-refractivity contribution in [3.05, 3.63) is 58.8 Å². The van der Waals surface area contributed by atoms with Crippen LogP contribution in [0.4, 0.5) is 5.82 Å². The van der Waals surface area contributed by atoms with Gasteiger partial charge in [-0.2, -0.15) is 0 Å². The van der Waals surface area contributed by atoms with Gasteiger partial charge in [-0.25, -0.2) is 9.29 Å². The smallest absolute Gasteiger partial charge is 0.251 e. The number of hydrogen-bond acceptors (Lipinski definition) is 7. The monoisotopic (exact) mass is 441 g/mol. The number of nitrogens with zero attached hydrogens (tertiary/aromatic N) is 3. The zero-order valence-corrected chi connectivity index (χ0v) is 19.0. The molecule has 0 saturated carbocycles. The van der Waals surface area contributed by atoms with Crippen LogP contribution in [-0.2, 0) is 13.0 Å². The van der Waals surface area contributed by atoms with Gasteiger partial charge in [0.15, 0.2) is 0 Å². The standard InChI is InChI=1S/C23H31N5O2S/c1-16-10-24-22(26-19-13-28(14-19)31-2)9-21(16)23(30)25-11-20(29)15-27-8-7-17-5-3-4-6-18(17)12-27/h3-6,9-10,19-20,29H,7-8,11-15H2,1-2H3,(H,24,26)(H,25,30). The van der Waals surface area contributed by atoms with Crippen molar-refractivity contribution in [1.82, 2.24) is 19.5 Å². The van der Waals surface area contributed by atoms with Gasteiger partial charge < -0.3 is 15.7 Å². The van der Waals surface area contributed by atoms with Crippen molar-refractivity contribution in [2.24, 2.45) is 0 Å². The zero-order valence-electron chi connectivity index (χ0n) is 18.2. The lowest BCUT2D eigenvalue weighted by Gasteiger charge is -2.37. The Hall–Kier alpha value is -2.13. The SMILES string of the molecule is CSN1CC(Nc2cc(C(=O)NCC(O)CN3CCc4ccccc4C3)c(C)cn2)C1. The fourth-order valence-corrected chi connectivity index (χ4v) is 4.77. The van der Waals surface area contributed by atoms with Gasteiger partial charge in [0, 0.05) is 51.0 Å². The molecular weight excluding hydrogens is 410 g/mol. The summed E-state index contributed by atoms with van der Waals surface area (Å²) in [6.45, 7) is 6.35. The summed E-state index contributed by atoms with van der Waals surface area (Å²) in [5, 5.41) is 16.8. The number of rotatable bonds is 8. The van der Waals surface area contributed by atoms with E-state index in [9.17, 15) is 9.90 Å². The van der Waals surface area contributed by atoms with E-state index in [-0.39, 0.29) is 12.5 Å². The largest absolute Gasteiger partial charge is 0.390 e. The minimum absolute atomic E-state index is 0.176. The fraction of sp³-hybridized carbons (Fsp3) is 0.478. The van der Waals surface area contributed by atoms with E-state index in [4.69, 9.17) is 0 Å². The summed E-state index contributed by atoms with van der Waals surface area (Å²) in [5.41, 5.74) is 4.13. The fourth-order valence-electron chi connectivity index (χ4n) is 4.11. The van der Waals surface area contributed by atoms with Crippen LogP contribution in [0.5, 0.6) is 0 Å². The molecule has 166 valence electrons. The molecule has 3 N–H and O–H groups in total.